The van der Waals surface area contributed by atoms with Crippen LogP contribution in [0.1, 0.15) is 49.1 Å². The maximum atomic E-state index is 12.3. The van der Waals surface area contributed by atoms with Crippen molar-refractivity contribution in [3.63, 3.8) is 0 Å². The number of methoxy groups -OCH3 is 1. The summed E-state index contributed by atoms with van der Waals surface area (Å²) in [5, 5.41) is 9.36. The van der Waals surface area contributed by atoms with Crippen molar-refractivity contribution < 1.29 is 14.3 Å². The zero-order chi connectivity index (χ0) is 18.2. The Bertz CT molecular complexity index is 661. The van der Waals surface area contributed by atoms with Gasteiger partial charge in [0, 0.05) is 25.0 Å². The van der Waals surface area contributed by atoms with Crippen molar-refractivity contribution in [3.05, 3.63) is 28.6 Å². The van der Waals surface area contributed by atoms with Gasteiger partial charge in [-0.2, -0.15) is 5.26 Å². The second kappa shape index (κ2) is 9.43. The first-order valence-electron chi connectivity index (χ1n) is 9.01. The van der Waals surface area contributed by atoms with Crippen LogP contribution < -0.4 is 0 Å². The molecular weight excluding hydrogens is 316 g/mol. The third kappa shape index (κ3) is 5.20. The van der Waals surface area contributed by atoms with Gasteiger partial charge in [0.25, 0.3) is 0 Å². The number of esters is 1. The van der Waals surface area contributed by atoms with Gasteiger partial charge in [0.1, 0.15) is 11.6 Å². The van der Waals surface area contributed by atoms with Gasteiger partial charge in [-0.3, -0.25) is 0 Å². The van der Waals surface area contributed by atoms with E-state index in [0.717, 1.165) is 36.3 Å². The van der Waals surface area contributed by atoms with Crippen LogP contribution in [0.2, 0.25) is 0 Å². The smallest absolute Gasteiger partial charge is 0.348 e. The lowest BCUT2D eigenvalue weighted by atomic mass is 9.90. The summed E-state index contributed by atoms with van der Waals surface area (Å²) in [6.07, 6.45) is 7.54. The minimum atomic E-state index is -0.519. The molecule has 0 spiro atoms. The molecule has 1 heterocycles. The topological polar surface area (TPSA) is 64.2 Å². The zero-order valence-corrected chi connectivity index (χ0v) is 15.5. The Morgan fingerprint density at radius 3 is 2.72 bits per heavy atom. The first-order valence-corrected chi connectivity index (χ1v) is 9.01. The van der Waals surface area contributed by atoms with Gasteiger partial charge in [0.15, 0.2) is 0 Å². The monoisotopic (exact) mass is 344 g/mol. The molecule has 0 bridgehead atoms. The quantitative estimate of drug-likeness (QED) is 0.429. The van der Waals surface area contributed by atoms with Crippen LogP contribution in [0, 0.1) is 31.1 Å². The molecule has 1 aromatic heterocycles. The average Bonchev–Trinajstić information content (AvgIpc) is 2.89. The van der Waals surface area contributed by atoms with Crippen molar-refractivity contribution in [2.75, 3.05) is 20.3 Å². The molecule has 1 aromatic rings. The first-order chi connectivity index (χ1) is 12.1. The minimum Gasteiger partial charge on any atom is -0.461 e. The molecule has 0 radical (unpaired) electrons. The third-order valence-electron chi connectivity index (χ3n) is 4.95. The number of nitrogens with zero attached hydrogens (tertiary/aromatic N) is 2. The highest BCUT2D eigenvalue weighted by Gasteiger charge is 2.18. The molecule has 1 fully saturated rings. The number of carbonyl (C=O) groups excluding carboxylic acids is 1. The number of hydrogen-bond acceptors (Lipinski definition) is 4. The number of aryl methyl sites for hydroxylation is 1. The van der Waals surface area contributed by atoms with E-state index in [0.29, 0.717) is 19.1 Å². The Morgan fingerprint density at radius 1 is 1.36 bits per heavy atom. The summed E-state index contributed by atoms with van der Waals surface area (Å²) in [5.41, 5.74) is 3.03. The molecule has 0 N–H and O–H groups in total. The first kappa shape index (κ1) is 19.3. The summed E-state index contributed by atoms with van der Waals surface area (Å²) in [4.78, 5) is 12.3. The fourth-order valence-corrected chi connectivity index (χ4v) is 3.42. The van der Waals surface area contributed by atoms with Crippen molar-refractivity contribution in [3.8, 4) is 6.07 Å². The fourth-order valence-electron chi connectivity index (χ4n) is 3.42. The van der Waals surface area contributed by atoms with E-state index in [1.54, 1.807) is 13.2 Å². The Hall–Kier alpha value is -2.06. The zero-order valence-electron chi connectivity index (χ0n) is 15.5. The highest BCUT2D eigenvalue weighted by Crippen LogP contribution is 2.24. The Kier molecular flexibility index (Phi) is 7.27. The number of carbonyl (C=O) groups is 1. The van der Waals surface area contributed by atoms with E-state index in [1.165, 1.54) is 19.3 Å². The molecule has 0 atom stereocenters. The van der Waals surface area contributed by atoms with Crippen LogP contribution in [0.5, 0.6) is 0 Å². The van der Waals surface area contributed by atoms with Crippen molar-refractivity contribution >= 4 is 12.0 Å². The average molecular weight is 344 g/mol. The lowest BCUT2D eigenvalue weighted by molar-refractivity contribution is -0.140. The van der Waals surface area contributed by atoms with E-state index in [9.17, 15) is 10.1 Å². The molecule has 5 heteroatoms. The summed E-state index contributed by atoms with van der Waals surface area (Å²) >= 11 is 0. The molecule has 0 saturated heterocycles. The van der Waals surface area contributed by atoms with Crippen molar-refractivity contribution in [1.29, 1.82) is 5.26 Å². The standard InChI is InChI=1S/C20H28N2O3/c1-15-11-18(16(2)22(15)9-10-24-3)12-19(13-21)20(23)25-14-17-7-5-4-6-8-17/h11-12,17H,4-10,14H2,1-3H3/b19-12-. The molecule has 0 unspecified atom stereocenters. The number of aromatic nitrogens is 1. The molecule has 0 aromatic carbocycles. The fraction of sp³-hybridized carbons (Fsp3) is 0.600. The van der Waals surface area contributed by atoms with E-state index in [1.807, 2.05) is 26.0 Å². The highest BCUT2D eigenvalue weighted by atomic mass is 16.5. The van der Waals surface area contributed by atoms with Gasteiger partial charge in [-0.25, -0.2) is 4.79 Å². The van der Waals surface area contributed by atoms with Crippen LogP contribution >= 0.6 is 0 Å². The Labute approximate surface area is 150 Å². The maximum Gasteiger partial charge on any atom is 0.348 e. The van der Waals surface area contributed by atoms with Gasteiger partial charge in [-0.1, -0.05) is 19.3 Å². The number of rotatable bonds is 7. The van der Waals surface area contributed by atoms with Gasteiger partial charge in [-0.15, -0.1) is 0 Å². The second-order valence-electron chi connectivity index (χ2n) is 6.74. The number of hydrogen-bond donors (Lipinski definition) is 0. The van der Waals surface area contributed by atoms with E-state index in [2.05, 4.69) is 4.57 Å². The molecule has 1 aliphatic rings. The Balaban J connectivity index is 2.06. The summed E-state index contributed by atoms with van der Waals surface area (Å²) < 4.78 is 12.6. The van der Waals surface area contributed by atoms with E-state index >= 15 is 0 Å². The maximum absolute atomic E-state index is 12.3. The predicted octanol–water partition coefficient (Wildman–Crippen LogP) is 3.78. The molecule has 2 rings (SSSR count). The van der Waals surface area contributed by atoms with Crippen molar-refractivity contribution in [2.24, 2.45) is 5.92 Å². The van der Waals surface area contributed by atoms with Crippen LogP contribution in [0.4, 0.5) is 0 Å². The molecule has 0 aliphatic heterocycles. The predicted molar refractivity (Wildman–Crippen MR) is 96.9 cm³/mol. The van der Waals surface area contributed by atoms with Crippen LogP contribution in [-0.2, 0) is 20.8 Å². The van der Waals surface area contributed by atoms with Gasteiger partial charge in [0.05, 0.1) is 13.2 Å². The van der Waals surface area contributed by atoms with Gasteiger partial charge < -0.3 is 14.0 Å². The van der Waals surface area contributed by atoms with Crippen LogP contribution in [0.3, 0.4) is 0 Å². The highest BCUT2D eigenvalue weighted by molar-refractivity contribution is 5.98. The van der Waals surface area contributed by atoms with E-state index < -0.39 is 5.97 Å². The molecule has 5 nitrogen and oxygen atoms in total. The van der Waals surface area contributed by atoms with Crippen molar-refractivity contribution in [2.45, 2.75) is 52.5 Å². The summed E-state index contributed by atoms with van der Waals surface area (Å²) in [6, 6.07) is 3.97. The minimum absolute atomic E-state index is 0.0581. The number of nitriles is 1. The largest absolute Gasteiger partial charge is 0.461 e. The van der Waals surface area contributed by atoms with E-state index in [-0.39, 0.29) is 5.57 Å². The summed E-state index contributed by atoms with van der Waals surface area (Å²) in [6.45, 7) is 5.78. The molecule has 136 valence electrons. The molecule has 25 heavy (non-hydrogen) atoms. The molecule has 0 amide bonds. The Morgan fingerprint density at radius 2 is 2.08 bits per heavy atom. The summed E-state index contributed by atoms with van der Waals surface area (Å²) in [7, 11) is 1.67. The normalized spacial score (nSPS) is 15.8. The van der Waals surface area contributed by atoms with Gasteiger partial charge in [-0.05, 0) is 50.3 Å². The molecule has 1 aliphatic carbocycles. The second-order valence-corrected chi connectivity index (χ2v) is 6.74. The SMILES string of the molecule is COCCn1c(C)cc(/C=C(/C#N)C(=O)OCC2CCCCC2)c1C. The molecular formula is C20H28N2O3. The summed E-state index contributed by atoms with van der Waals surface area (Å²) in [5.74, 6) is -0.0773. The van der Waals surface area contributed by atoms with E-state index in [4.69, 9.17) is 9.47 Å². The van der Waals surface area contributed by atoms with Gasteiger partial charge in [0.2, 0.25) is 0 Å². The molecule has 1 saturated carbocycles. The lowest BCUT2D eigenvalue weighted by Crippen LogP contribution is -2.17. The number of ether oxygens (including phenoxy) is 2. The third-order valence-corrected chi connectivity index (χ3v) is 4.95. The van der Waals surface area contributed by atoms with Crippen molar-refractivity contribution in [1.82, 2.24) is 4.57 Å². The van der Waals surface area contributed by atoms with Crippen LogP contribution in [-0.4, -0.2) is 30.9 Å². The van der Waals surface area contributed by atoms with Gasteiger partial charge >= 0.3 is 5.97 Å². The lowest BCUT2D eigenvalue weighted by Gasteiger charge is -2.20. The van der Waals surface area contributed by atoms with Crippen LogP contribution in [0.15, 0.2) is 11.6 Å². The van der Waals surface area contributed by atoms with Crippen LogP contribution in [0.25, 0.3) is 6.08 Å².